The molecule has 5 heteroatoms. The topological polar surface area (TPSA) is 80.7 Å². The highest BCUT2D eigenvalue weighted by molar-refractivity contribution is 5.81. The smallest absolute Gasteiger partial charge is 0.303 e. The Labute approximate surface area is 104 Å². The van der Waals surface area contributed by atoms with Gasteiger partial charge in [-0.25, -0.2) is 0 Å². The quantitative estimate of drug-likeness (QED) is 0.708. The van der Waals surface area contributed by atoms with Gasteiger partial charge >= 0.3 is 5.97 Å². The summed E-state index contributed by atoms with van der Waals surface area (Å²) in [5, 5.41) is 8.44. The fourth-order valence-electron chi connectivity index (χ4n) is 1.49. The predicted molar refractivity (Wildman–Crippen MR) is 63.3 cm³/mol. The molecule has 0 aliphatic rings. The zero-order chi connectivity index (χ0) is 13.4. The van der Waals surface area contributed by atoms with Crippen LogP contribution in [0.5, 0.6) is 5.75 Å². The number of carboxylic acids is 1. The lowest BCUT2D eigenvalue weighted by Gasteiger charge is -2.02. The van der Waals surface area contributed by atoms with Gasteiger partial charge in [0.15, 0.2) is 0 Å². The van der Waals surface area contributed by atoms with Crippen LogP contribution >= 0.6 is 0 Å². The van der Waals surface area contributed by atoms with Crippen molar-refractivity contribution in [1.82, 2.24) is 0 Å². The molecule has 96 valence electrons. The standard InChI is InChI=1S/C13H14O5/c14-9-18-12-6-4-10(5-7-12)8-11(15)2-1-3-13(16)17/h4-7,9H,1-3,8H2,(H,16,17). The molecule has 0 saturated carbocycles. The lowest BCUT2D eigenvalue weighted by molar-refractivity contribution is -0.137. The van der Waals surface area contributed by atoms with Crippen LogP contribution in [0.3, 0.4) is 0 Å². The Bertz CT molecular complexity index is 422. The number of rotatable bonds is 8. The zero-order valence-corrected chi connectivity index (χ0v) is 9.80. The van der Waals surface area contributed by atoms with Gasteiger partial charge in [0, 0.05) is 19.3 Å². The van der Waals surface area contributed by atoms with E-state index in [2.05, 4.69) is 4.74 Å². The summed E-state index contributed by atoms with van der Waals surface area (Å²) >= 11 is 0. The number of aliphatic carboxylic acids is 1. The zero-order valence-electron chi connectivity index (χ0n) is 9.80. The fraction of sp³-hybridized carbons (Fsp3) is 0.308. The van der Waals surface area contributed by atoms with Gasteiger partial charge in [0.2, 0.25) is 0 Å². The molecule has 1 N–H and O–H groups in total. The summed E-state index contributed by atoms with van der Waals surface area (Å²) in [7, 11) is 0. The van der Waals surface area contributed by atoms with Crippen molar-refractivity contribution in [2.24, 2.45) is 0 Å². The molecule has 0 atom stereocenters. The summed E-state index contributed by atoms with van der Waals surface area (Å²) in [6.45, 7) is 0.339. The van der Waals surface area contributed by atoms with E-state index in [0.29, 0.717) is 18.6 Å². The third kappa shape index (κ3) is 5.25. The highest BCUT2D eigenvalue weighted by Crippen LogP contribution is 2.12. The molecule has 0 aromatic heterocycles. The highest BCUT2D eigenvalue weighted by atomic mass is 16.5. The van der Waals surface area contributed by atoms with E-state index in [4.69, 9.17) is 5.11 Å². The van der Waals surface area contributed by atoms with E-state index in [1.165, 1.54) is 0 Å². The molecule has 0 amide bonds. The van der Waals surface area contributed by atoms with E-state index in [9.17, 15) is 14.4 Å². The molecule has 0 radical (unpaired) electrons. The highest BCUT2D eigenvalue weighted by Gasteiger charge is 2.05. The third-order valence-corrected chi connectivity index (χ3v) is 2.36. The maximum Gasteiger partial charge on any atom is 0.303 e. The maximum absolute atomic E-state index is 11.5. The van der Waals surface area contributed by atoms with Gasteiger partial charge < -0.3 is 9.84 Å². The fourth-order valence-corrected chi connectivity index (χ4v) is 1.49. The summed E-state index contributed by atoms with van der Waals surface area (Å²) in [5.74, 6) is -0.467. The van der Waals surface area contributed by atoms with Crippen LogP contribution in [0.15, 0.2) is 24.3 Å². The number of carbonyl (C=O) groups is 3. The van der Waals surface area contributed by atoms with Crippen LogP contribution < -0.4 is 4.74 Å². The number of benzene rings is 1. The molecule has 0 spiro atoms. The Kier molecular flexibility index (Phi) is 5.57. The Morgan fingerprint density at radius 3 is 2.39 bits per heavy atom. The number of hydrogen-bond donors (Lipinski definition) is 1. The molecule has 1 aromatic carbocycles. The number of ketones is 1. The second-order valence-corrected chi connectivity index (χ2v) is 3.82. The summed E-state index contributed by atoms with van der Waals surface area (Å²) in [6, 6.07) is 6.62. The number of Topliss-reactive ketones (excluding diaryl/α,β-unsaturated/α-hetero) is 1. The largest absolute Gasteiger partial charge is 0.481 e. The average molecular weight is 250 g/mol. The van der Waals surface area contributed by atoms with Gasteiger partial charge in [-0.1, -0.05) is 12.1 Å². The lowest BCUT2D eigenvalue weighted by atomic mass is 10.0. The molecule has 0 bridgehead atoms. The van der Waals surface area contributed by atoms with Crippen molar-refractivity contribution in [2.75, 3.05) is 0 Å². The second-order valence-electron chi connectivity index (χ2n) is 3.82. The van der Waals surface area contributed by atoms with Crippen LogP contribution in [-0.2, 0) is 20.8 Å². The second kappa shape index (κ2) is 7.21. The van der Waals surface area contributed by atoms with Crippen molar-refractivity contribution in [3.8, 4) is 5.75 Å². The molecule has 0 heterocycles. The Morgan fingerprint density at radius 2 is 1.83 bits per heavy atom. The average Bonchev–Trinajstić information content (AvgIpc) is 2.31. The lowest BCUT2D eigenvalue weighted by Crippen LogP contribution is -2.04. The van der Waals surface area contributed by atoms with E-state index in [1.54, 1.807) is 24.3 Å². The van der Waals surface area contributed by atoms with Crippen molar-refractivity contribution < 1.29 is 24.2 Å². The van der Waals surface area contributed by atoms with Crippen LogP contribution in [0.2, 0.25) is 0 Å². The molecular formula is C13H14O5. The van der Waals surface area contributed by atoms with E-state index in [-0.39, 0.29) is 25.0 Å². The van der Waals surface area contributed by atoms with Gasteiger partial charge in [0.25, 0.3) is 6.47 Å². The van der Waals surface area contributed by atoms with Gasteiger partial charge in [-0.2, -0.15) is 0 Å². The Balaban J connectivity index is 2.39. The third-order valence-electron chi connectivity index (χ3n) is 2.36. The van der Waals surface area contributed by atoms with Crippen molar-refractivity contribution in [2.45, 2.75) is 25.7 Å². The number of ether oxygens (including phenoxy) is 1. The molecule has 0 unspecified atom stereocenters. The predicted octanol–water partition coefficient (Wildman–Crippen LogP) is 1.59. The minimum atomic E-state index is -0.891. The SMILES string of the molecule is O=COc1ccc(CC(=O)CCCC(=O)O)cc1. The number of hydrogen-bond acceptors (Lipinski definition) is 4. The molecule has 0 fully saturated rings. The Morgan fingerprint density at radius 1 is 1.17 bits per heavy atom. The van der Waals surface area contributed by atoms with Gasteiger partial charge in [0.05, 0.1) is 0 Å². The van der Waals surface area contributed by atoms with Gasteiger partial charge in [0.1, 0.15) is 11.5 Å². The van der Waals surface area contributed by atoms with E-state index in [0.717, 1.165) is 5.56 Å². The normalized spacial score (nSPS) is 9.78. The maximum atomic E-state index is 11.5. The molecule has 0 aliphatic heterocycles. The molecule has 5 nitrogen and oxygen atoms in total. The minimum absolute atomic E-state index is 0.000283. The monoisotopic (exact) mass is 250 g/mol. The first-order chi connectivity index (χ1) is 8.61. The molecule has 0 aliphatic carbocycles. The molecule has 18 heavy (non-hydrogen) atoms. The van der Waals surface area contributed by atoms with Crippen LogP contribution in [0, 0.1) is 0 Å². The van der Waals surface area contributed by atoms with Crippen molar-refractivity contribution in [1.29, 1.82) is 0 Å². The van der Waals surface area contributed by atoms with E-state index >= 15 is 0 Å². The minimum Gasteiger partial charge on any atom is -0.481 e. The number of carboxylic acid groups (broad SMARTS) is 1. The molecule has 1 aromatic rings. The number of carbonyl (C=O) groups excluding carboxylic acids is 2. The summed E-state index contributed by atoms with van der Waals surface area (Å²) < 4.78 is 4.63. The van der Waals surface area contributed by atoms with E-state index < -0.39 is 5.97 Å². The van der Waals surface area contributed by atoms with Crippen molar-refractivity contribution in [3.63, 3.8) is 0 Å². The summed E-state index contributed by atoms with van der Waals surface area (Å²) in [6.07, 6.45) is 0.901. The van der Waals surface area contributed by atoms with Gasteiger partial charge in [-0.3, -0.25) is 14.4 Å². The summed E-state index contributed by atoms with van der Waals surface area (Å²) in [4.78, 5) is 31.9. The Hall–Kier alpha value is -2.17. The van der Waals surface area contributed by atoms with Crippen LogP contribution in [0.25, 0.3) is 0 Å². The molecular weight excluding hydrogens is 236 g/mol. The van der Waals surface area contributed by atoms with Crippen LogP contribution in [0.4, 0.5) is 0 Å². The first-order valence-corrected chi connectivity index (χ1v) is 5.54. The van der Waals surface area contributed by atoms with Gasteiger partial charge in [-0.05, 0) is 24.1 Å². The van der Waals surface area contributed by atoms with Crippen LogP contribution in [0.1, 0.15) is 24.8 Å². The summed E-state index contributed by atoms with van der Waals surface area (Å²) in [5.41, 5.74) is 0.813. The first-order valence-electron chi connectivity index (χ1n) is 5.54. The molecule has 0 saturated heterocycles. The van der Waals surface area contributed by atoms with Crippen molar-refractivity contribution >= 4 is 18.2 Å². The van der Waals surface area contributed by atoms with Crippen LogP contribution in [-0.4, -0.2) is 23.3 Å². The van der Waals surface area contributed by atoms with Gasteiger partial charge in [-0.15, -0.1) is 0 Å². The first kappa shape index (κ1) is 13.9. The van der Waals surface area contributed by atoms with E-state index in [1.807, 2.05) is 0 Å². The molecule has 1 rings (SSSR count). The van der Waals surface area contributed by atoms with Crippen molar-refractivity contribution in [3.05, 3.63) is 29.8 Å².